The average molecular weight is 290 g/mol. The van der Waals surface area contributed by atoms with Crippen LogP contribution in [0.4, 0.5) is 0 Å². The van der Waals surface area contributed by atoms with Crippen LogP contribution in [0.15, 0.2) is 0 Å². The minimum Gasteiger partial charge on any atom is -0.379 e. The second kappa shape index (κ2) is 14.6. The molecule has 0 amide bonds. The predicted octanol–water partition coefficient (Wildman–Crippen LogP) is 1.01. The molecule has 0 bridgehead atoms. The molecule has 6 heteroatoms. The van der Waals surface area contributed by atoms with E-state index in [9.17, 15) is 9.59 Å². The highest BCUT2D eigenvalue weighted by molar-refractivity contribution is 5.79. The van der Waals surface area contributed by atoms with Crippen molar-refractivity contribution in [1.82, 2.24) is 0 Å². The van der Waals surface area contributed by atoms with Gasteiger partial charge in [-0.05, 0) is 20.3 Å². The van der Waals surface area contributed by atoms with Crippen LogP contribution in [0.3, 0.4) is 0 Å². The second-order valence-corrected chi connectivity index (χ2v) is 4.26. The maximum Gasteiger partial charge on any atom is 0.158 e. The van der Waals surface area contributed by atoms with Crippen molar-refractivity contribution in [2.75, 3.05) is 52.9 Å². The summed E-state index contributed by atoms with van der Waals surface area (Å²) < 4.78 is 20.6. The summed E-state index contributed by atoms with van der Waals surface area (Å²) in [6, 6.07) is 0. The highest BCUT2D eigenvalue weighted by atomic mass is 16.5. The van der Waals surface area contributed by atoms with Gasteiger partial charge in [0.05, 0.1) is 26.4 Å². The number of rotatable bonds is 15. The molecule has 0 spiro atoms. The van der Waals surface area contributed by atoms with Gasteiger partial charge in [0.25, 0.3) is 0 Å². The minimum absolute atomic E-state index is 0.0000617. The molecule has 0 rings (SSSR count). The van der Waals surface area contributed by atoms with Gasteiger partial charge in [-0.2, -0.15) is 0 Å². The summed E-state index contributed by atoms with van der Waals surface area (Å²) in [7, 11) is 0. The molecule has 0 aromatic heterocycles. The Morgan fingerprint density at radius 3 is 2.05 bits per heavy atom. The number of ketones is 2. The third kappa shape index (κ3) is 15.2. The van der Waals surface area contributed by atoms with Gasteiger partial charge in [-0.15, -0.1) is 0 Å². The van der Waals surface area contributed by atoms with Crippen LogP contribution in [-0.4, -0.2) is 64.4 Å². The predicted molar refractivity (Wildman–Crippen MR) is 73.9 cm³/mol. The summed E-state index contributed by atoms with van der Waals surface area (Å²) in [5.74, 6) is 0.0675. The highest BCUT2D eigenvalue weighted by Gasteiger charge is 2.02. The maximum atomic E-state index is 11.4. The van der Waals surface area contributed by atoms with Gasteiger partial charge in [-0.25, -0.2) is 0 Å². The molecule has 0 saturated heterocycles. The summed E-state index contributed by atoms with van der Waals surface area (Å²) in [5, 5.41) is 0. The molecule has 0 N–H and O–H groups in total. The Hall–Kier alpha value is -0.820. The fourth-order valence-corrected chi connectivity index (χ4v) is 1.33. The summed E-state index contributed by atoms with van der Waals surface area (Å²) in [6.45, 7) is 6.62. The van der Waals surface area contributed by atoms with Crippen molar-refractivity contribution in [2.24, 2.45) is 0 Å². The molecular weight excluding hydrogens is 264 g/mol. The van der Waals surface area contributed by atoms with Crippen molar-refractivity contribution in [3.8, 4) is 0 Å². The van der Waals surface area contributed by atoms with Crippen molar-refractivity contribution in [1.29, 1.82) is 0 Å². The standard InChI is InChI=1S/C14H26O6/c1-3-17-7-9-20-12-14(16)5-4-6-18-8-10-19-11-13(2)15/h3-12H2,1-2H3. The molecule has 0 fully saturated rings. The molecule has 0 heterocycles. The maximum absolute atomic E-state index is 11.4. The van der Waals surface area contributed by atoms with Crippen LogP contribution < -0.4 is 0 Å². The zero-order valence-corrected chi connectivity index (χ0v) is 12.5. The van der Waals surface area contributed by atoms with Crippen molar-refractivity contribution < 1.29 is 28.5 Å². The first kappa shape index (κ1) is 19.2. The fourth-order valence-electron chi connectivity index (χ4n) is 1.33. The average Bonchev–Trinajstić information content (AvgIpc) is 2.41. The van der Waals surface area contributed by atoms with E-state index in [1.165, 1.54) is 6.92 Å². The first-order valence-electron chi connectivity index (χ1n) is 6.99. The largest absolute Gasteiger partial charge is 0.379 e. The van der Waals surface area contributed by atoms with E-state index >= 15 is 0 Å². The molecule has 0 saturated carbocycles. The molecule has 0 aromatic rings. The third-order valence-electron chi connectivity index (χ3n) is 2.26. The lowest BCUT2D eigenvalue weighted by molar-refractivity contribution is -0.125. The second-order valence-electron chi connectivity index (χ2n) is 4.26. The van der Waals surface area contributed by atoms with Gasteiger partial charge in [-0.1, -0.05) is 0 Å². The van der Waals surface area contributed by atoms with Gasteiger partial charge in [0.15, 0.2) is 11.6 Å². The molecular formula is C14H26O6. The van der Waals surface area contributed by atoms with Crippen molar-refractivity contribution in [2.45, 2.75) is 26.7 Å². The van der Waals surface area contributed by atoms with E-state index in [2.05, 4.69) is 0 Å². The molecule has 0 aliphatic heterocycles. The van der Waals surface area contributed by atoms with E-state index in [1.807, 2.05) is 6.92 Å². The number of ether oxygens (including phenoxy) is 4. The molecule has 0 unspecified atom stereocenters. The number of carbonyl (C=O) groups is 2. The van der Waals surface area contributed by atoms with Crippen LogP contribution in [-0.2, 0) is 28.5 Å². The van der Waals surface area contributed by atoms with E-state index in [0.717, 1.165) is 0 Å². The Kier molecular flexibility index (Phi) is 14.0. The summed E-state index contributed by atoms with van der Waals surface area (Å²) in [5.41, 5.74) is 0. The molecule has 0 aliphatic rings. The molecule has 0 radical (unpaired) electrons. The van der Waals surface area contributed by atoms with Crippen LogP contribution in [0.5, 0.6) is 0 Å². The molecule has 0 aliphatic carbocycles. The van der Waals surface area contributed by atoms with E-state index in [-0.39, 0.29) is 24.8 Å². The molecule has 6 nitrogen and oxygen atoms in total. The lowest BCUT2D eigenvalue weighted by Crippen LogP contribution is -2.13. The molecule has 0 aromatic carbocycles. The van der Waals surface area contributed by atoms with Gasteiger partial charge < -0.3 is 18.9 Å². The lowest BCUT2D eigenvalue weighted by atomic mass is 10.2. The fraction of sp³-hybridized carbons (Fsp3) is 0.857. The Balaban J connectivity index is 3.17. The zero-order chi connectivity index (χ0) is 15.1. The Labute approximate surface area is 120 Å². The lowest BCUT2D eigenvalue weighted by Gasteiger charge is -2.05. The van der Waals surface area contributed by atoms with Gasteiger partial charge in [0.2, 0.25) is 0 Å². The van der Waals surface area contributed by atoms with Crippen LogP contribution in [0.1, 0.15) is 26.7 Å². The number of carbonyl (C=O) groups excluding carboxylic acids is 2. The van der Waals surface area contributed by atoms with Crippen LogP contribution in [0.25, 0.3) is 0 Å². The van der Waals surface area contributed by atoms with E-state index in [1.54, 1.807) is 0 Å². The Morgan fingerprint density at radius 2 is 1.40 bits per heavy atom. The van der Waals surface area contributed by atoms with E-state index in [0.29, 0.717) is 52.5 Å². The summed E-state index contributed by atoms with van der Waals surface area (Å²) in [4.78, 5) is 22.0. The van der Waals surface area contributed by atoms with Crippen LogP contribution >= 0.6 is 0 Å². The van der Waals surface area contributed by atoms with E-state index in [4.69, 9.17) is 18.9 Å². The quantitative estimate of drug-likeness (QED) is 0.419. The molecule has 20 heavy (non-hydrogen) atoms. The highest BCUT2D eigenvalue weighted by Crippen LogP contribution is 1.94. The smallest absolute Gasteiger partial charge is 0.158 e. The zero-order valence-electron chi connectivity index (χ0n) is 12.5. The van der Waals surface area contributed by atoms with Crippen LogP contribution in [0, 0.1) is 0 Å². The normalized spacial score (nSPS) is 10.7. The Morgan fingerprint density at radius 1 is 0.800 bits per heavy atom. The van der Waals surface area contributed by atoms with Gasteiger partial charge in [0.1, 0.15) is 13.2 Å². The minimum atomic E-state index is -0.0000617. The number of Topliss-reactive ketones (excluding diaryl/α,β-unsaturated/α-hetero) is 2. The van der Waals surface area contributed by atoms with Crippen molar-refractivity contribution in [3.63, 3.8) is 0 Å². The number of hydrogen-bond acceptors (Lipinski definition) is 6. The first-order chi connectivity index (χ1) is 9.66. The molecule has 118 valence electrons. The van der Waals surface area contributed by atoms with Gasteiger partial charge >= 0.3 is 0 Å². The van der Waals surface area contributed by atoms with Gasteiger partial charge in [-0.3, -0.25) is 9.59 Å². The summed E-state index contributed by atoms with van der Waals surface area (Å²) >= 11 is 0. The summed E-state index contributed by atoms with van der Waals surface area (Å²) in [6.07, 6.45) is 1.11. The topological polar surface area (TPSA) is 71.1 Å². The third-order valence-corrected chi connectivity index (χ3v) is 2.26. The van der Waals surface area contributed by atoms with Crippen LogP contribution in [0.2, 0.25) is 0 Å². The molecule has 0 atom stereocenters. The Bertz CT molecular complexity index is 254. The SMILES string of the molecule is CCOCCOCC(=O)CCCOCCOCC(C)=O. The number of hydrogen-bond donors (Lipinski definition) is 0. The first-order valence-corrected chi connectivity index (χ1v) is 6.99. The van der Waals surface area contributed by atoms with Crippen molar-refractivity contribution >= 4 is 11.6 Å². The van der Waals surface area contributed by atoms with Gasteiger partial charge in [0, 0.05) is 19.6 Å². The van der Waals surface area contributed by atoms with E-state index < -0.39 is 0 Å². The monoisotopic (exact) mass is 290 g/mol. The van der Waals surface area contributed by atoms with Crippen molar-refractivity contribution in [3.05, 3.63) is 0 Å².